The summed E-state index contributed by atoms with van der Waals surface area (Å²) in [5.41, 5.74) is -0.0600. The number of anilines is 1. The lowest BCUT2D eigenvalue weighted by molar-refractivity contribution is -0.122. The first kappa shape index (κ1) is 11.3. The van der Waals surface area contributed by atoms with E-state index in [4.69, 9.17) is 5.11 Å². The van der Waals surface area contributed by atoms with Crippen LogP contribution in [0.4, 0.5) is 5.69 Å². The van der Waals surface area contributed by atoms with Crippen LogP contribution in [0.2, 0.25) is 0 Å². The lowest BCUT2D eigenvalue weighted by Gasteiger charge is -2.15. The number of pyridine rings is 1. The number of carboxylic acids is 1. The monoisotopic (exact) mass is 234 g/mol. The number of amides is 2. The van der Waals surface area contributed by atoms with Crippen molar-refractivity contribution >= 4 is 23.5 Å². The van der Waals surface area contributed by atoms with Gasteiger partial charge >= 0.3 is 5.97 Å². The van der Waals surface area contributed by atoms with Crippen LogP contribution in [0.15, 0.2) is 18.5 Å². The lowest BCUT2D eigenvalue weighted by Crippen LogP contribution is -2.31. The van der Waals surface area contributed by atoms with Crippen LogP contribution in [0.25, 0.3) is 0 Å². The Hall–Kier alpha value is -2.24. The average Bonchev–Trinajstić information content (AvgIpc) is 2.53. The van der Waals surface area contributed by atoms with Crippen LogP contribution in [0.3, 0.4) is 0 Å². The fourth-order valence-electron chi connectivity index (χ4n) is 1.78. The summed E-state index contributed by atoms with van der Waals surface area (Å²) in [6.45, 7) is 1.64. The molecule has 6 heteroatoms. The Bertz CT molecular complexity index is 512. The largest absolute Gasteiger partial charge is 0.478 e. The van der Waals surface area contributed by atoms with Gasteiger partial charge in [-0.1, -0.05) is 6.92 Å². The minimum atomic E-state index is -1.19. The molecule has 2 heterocycles. The summed E-state index contributed by atoms with van der Waals surface area (Å²) in [4.78, 5) is 39.1. The van der Waals surface area contributed by atoms with E-state index in [0.717, 1.165) is 4.90 Å². The molecule has 1 atom stereocenters. The van der Waals surface area contributed by atoms with Crippen molar-refractivity contribution in [1.82, 2.24) is 4.98 Å². The Labute approximate surface area is 96.9 Å². The molecule has 6 nitrogen and oxygen atoms in total. The summed E-state index contributed by atoms with van der Waals surface area (Å²) < 4.78 is 0. The van der Waals surface area contributed by atoms with Gasteiger partial charge in [-0.05, 0) is 6.07 Å². The number of hydrogen-bond donors (Lipinski definition) is 1. The number of nitrogens with zero attached hydrogens (tertiary/aromatic N) is 2. The molecule has 88 valence electrons. The first-order valence-electron chi connectivity index (χ1n) is 5.06. The highest BCUT2D eigenvalue weighted by Gasteiger charge is 2.38. The van der Waals surface area contributed by atoms with E-state index in [9.17, 15) is 14.4 Å². The predicted molar refractivity (Wildman–Crippen MR) is 57.5 cm³/mol. The van der Waals surface area contributed by atoms with E-state index >= 15 is 0 Å². The van der Waals surface area contributed by atoms with E-state index in [0.29, 0.717) is 0 Å². The highest BCUT2D eigenvalue weighted by atomic mass is 16.4. The molecular formula is C11H10N2O4. The van der Waals surface area contributed by atoms with Gasteiger partial charge in [0.25, 0.3) is 0 Å². The first-order chi connectivity index (χ1) is 8.02. The second-order valence-corrected chi connectivity index (χ2v) is 3.87. The molecule has 0 saturated carbocycles. The molecular weight excluding hydrogens is 224 g/mol. The van der Waals surface area contributed by atoms with Crippen LogP contribution in [0.5, 0.6) is 0 Å². The minimum Gasteiger partial charge on any atom is -0.478 e. The zero-order valence-corrected chi connectivity index (χ0v) is 9.08. The van der Waals surface area contributed by atoms with Gasteiger partial charge in [0.2, 0.25) is 11.8 Å². The smallest absolute Gasteiger partial charge is 0.337 e. The second kappa shape index (κ2) is 3.97. The summed E-state index contributed by atoms with van der Waals surface area (Å²) >= 11 is 0. The van der Waals surface area contributed by atoms with Gasteiger partial charge in [-0.2, -0.15) is 0 Å². The van der Waals surface area contributed by atoms with Crippen molar-refractivity contribution in [3.8, 4) is 0 Å². The molecule has 2 amide bonds. The van der Waals surface area contributed by atoms with E-state index in [1.807, 2.05) is 0 Å². The fraction of sp³-hybridized carbons (Fsp3) is 0.273. The van der Waals surface area contributed by atoms with Crippen molar-refractivity contribution in [1.29, 1.82) is 0 Å². The van der Waals surface area contributed by atoms with Gasteiger partial charge in [0.1, 0.15) is 0 Å². The average molecular weight is 234 g/mol. The Balaban J connectivity index is 2.51. The molecule has 2 rings (SSSR count). The van der Waals surface area contributed by atoms with Gasteiger partial charge in [0.05, 0.1) is 17.4 Å². The number of aromatic carboxylic acids is 1. The maximum atomic E-state index is 11.8. The summed E-state index contributed by atoms with van der Waals surface area (Å²) in [6.07, 6.45) is 2.63. The van der Waals surface area contributed by atoms with E-state index in [-0.39, 0.29) is 23.6 Å². The normalized spacial score (nSPS) is 19.8. The van der Waals surface area contributed by atoms with Crippen molar-refractivity contribution in [3.05, 3.63) is 24.0 Å². The third kappa shape index (κ3) is 1.77. The SMILES string of the molecule is CC1CC(=O)N(c2cnccc2C(=O)O)C1=O. The molecule has 0 bridgehead atoms. The van der Waals surface area contributed by atoms with Crippen LogP contribution in [-0.4, -0.2) is 27.9 Å². The molecule has 0 aromatic carbocycles. The quantitative estimate of drug-likeness (QED) is 0.760. The van der Waals surface area contributed by atoms with Gasteiger partial charge in [0, 0.05) is 18.5 Å². The standard InChI is InChI=1S/C11H10N2O4/c1-6-4-9(14)13(10(6)15)8-5-12-3-2-7(8)11(16)17/h2-3,5-6H,4H2,1H3,(H,16,17). The molecule has 1 saturated heterocycles. The molecule has 1 aromatic heterocycles. The fourth-order valence-corrected chi connectivity index (χ4v) is 1.78. The Morgan fingerprint density at radius 2 is 2.24 bits per heavy atom. The van der Waals surface area contributed by atoms with Gasteiger partial charge in [0.15, 0.2) is 0 Å². The minimum absolute atomic E-state index is 0.0411. The summed E-state index contributed by atoms with van der Waals surface area (Å²) in [5, 5.41) is 8.99. The molecule has 1 aliphatic heterocycles. The van der Waals surface area contributed by atoms with Crippen LogP contribution in [0.1, 0.15) is 23.7 Å². The van der Waals surface area contributed by atoms with Crippen molar-refractivity contribution in [2.75, 3.05) is 4.90 Å². The molecule has 1 aromatic rings. The van der Waals surface area contributed by atoms with Crippen LogP contribution >= 0.6 is 0 Å². The highest BCUT2D eigenvalue weighted by Crippen LogP contribution is 2.28. The molecule has 1 unspecified atom stereocenters. The van der Waals surface area contributed by atoms with E-state index in [1.54, 1.807) is 6.92 Å². The predicted octanol–water partition coefficient (Wildman–Crippen LogP) is 0.679. The van der Waals surface area contributed by atoms with Crippen molar-refractivity contribution in [2.24, 2.45) is 5.92 Å². The van der Waals surface area contributed by atoms with Crippen LogP contribution in [-0.2, 0) is 9.59 Å². The third-order valence-corrected chi connectivity index (χ3v) is 2.64. The zero-order chi connectivity index (χ0) is 12.6. The Kier molecular flexibility index (Phi) is 2.63. The lowest BCUT2D eigenvalue weighted by atomic mass is 10.1. The number of carbonyl (C=O) groups excluding carboxylic acids is 2. The molecule has 17 heavy (non-hydrogen) atoms. The number of carbonyl (C=O) groups is 3. The molecule has 0 aliphatic carbocycles. The summed E-state index contributed by atoms with van der Waals surface area (Å²) in [5.74, 6) is -2.38. The van der Waals surface area contributed by atoms with Crippen LogP contribution < -0.4 is 4.90 Å². The number of rotatable bonds is 2. The van der Waals surface area contributed by atoms with Gasteiger partial charge in [-0.3, -0.25) is 14.6 Å². The van der Waals surface area contributed by atoms with E-state index in [1.165, 1.54) is 18.5 Å². The van der Waals surface area contributed by atoms with E-state index < -0.39 is 17.8 Å². The molecule has 1 aliphatic rings. The van der Waals surface area contributed by atoms with Crippen molar-refractivity contribution in [3.63, 3.8) is 0 Å². The second-order valence-electron chi connectivity index (χ2n) is 3.87. The van der Waals surface area contributed by atoms with Crippen molar-refractivity contribution in [2.45, 2.75) is 13.3 Å². The highest BCUT2D eigenvalue weighted by molar-refractivity contribution is 6.22. The van der Waals surface area contributed by atoms with E-state index in [2.05, 4.69) is 4.98 Å². The summed E-state index contributed by atoms with van der Waals surface area (Å²) in [7, 11) is 0. The van der Waals surface area contributed by atoms with Gasteiger partial charge in [-0.25, -0.2) is 9.69 Å². The molecule has 0 spiro atoms. The van der Waals surface area contributed by atoms with Gasteiger partial charge in [-0.15, -0.1) is 0 Å². The number of imide groups is 1. The van der Waals surface area contributed by atoms with Crippen molar-refractivity contribution < 1.29 is 19.5 Å². The Morgan fingerprint density at radius 1 is 1.53 bits per heavy atom. The first-order valence-corrected chi connectivity index (χ1v) is 5.06. The molecule has 1 N–H and O–H groups in total. The number of carboxylic acid groups (broad SMARTS) is 1. The summed E-state index contributed by atoms with van der Waals surface area (Å²) in [6, 6.07) is 1.27. The zero-order valence-electron chi connectivity index (χ0n) is 9.08. The van der Waals surface area contributed by atoms with Crippen LogP contribution in [0, 0.1) is 5.92 Å². The van der Waals surface area contributed by atoms with Gasteiger partial charge < -0.3 is 5.11 Å². The Morgan fingerprint density at radius 3 is 2.76 bits per heavy atom. The number of aromatic nitrogens is 1. The topological polar surface area (TPSA) is 87.6 Å². The number of hydrogen-bond acceptors (Lipinski definition) is 4. The maximum absolute atomic E-state index is 11.8. The molecule has 0 radical (unpaired) electrons. The third-order valence-electron chi connectivity index (χ3n) is 2.64. The molecule has 1 fully saturated rings. The maximum Gasteiger partial charge on any atom is 0.337 e.